The molecule has 0 saturated carbocycles. The SMILES string of the molecule is Clc1cc2c(cn1)c(N1CCC1)nn2C(c1ccccc1)(c1ccccc1)c1ccccc1. The smallest absolute Gasteiger partial charge is 0.160 e. The molecule has 3 heterocycles. The number of anilines is 1. The van der Waals surface area contributed by atoms with Gasteiger partial charge in [0.1, 0.15) is 10.7 Å². The summed E-state index contributed by atoms with van der Waals surface area (Å²) in [6.07, 6.45) is 3.04. The Hall–Kier alpha value is -3.63. The van der Waals surface area contributed by atoms with Crippen molar-refractivity contribution in [3.63, 3.8) is 0 Å². The van der Waals surface area contributed by atoms with Crippen LogP contribution in [0.4, 0.5) is 5.82 Å². The molecule has 33 heavy (non-hydrogen) atoms. The lowest BCUT2D eigenvalue weighted by atomic mass is 9.77. The summed E-state index contributed by atoms with van der Waals surface area (Å²) in [6.45, 7) is 2.01. The number of halogens is 1. The highest BCUT2D eigenvalue weighted by Gasteiger charge is 2.41. The molecule has 0 aliphatic carbocycles. The van der Waals surface area contributed by atoms with Crippen molar-refractivity contribution >= 4 is 28.3 Å². The van der Waals surface area contributed by atoms with Crippen molar-refractivity contribution in [1.29, 1.82) is 0 Å². The Morgan fingerprint density at radius 2 is 1.24 bits per heavy atom. The molecule has 3 aromatic carbocycles. The van der Waals surface area contributed by atoms with Crippen molar-refractivity contribution in [2.75, 3.05) is 18.0 Å². The Bertz CT molecular complexity index is 1300. The number of nitrogens with zero attached hydrogens (tertiary/aromatic N) is 4. The number of rotatable bonds is 5. The van der Waals surface area contributed by atoms with Crippen molar-refractivity contribution in [3.05, 3.63) is 125 Å². The molecule has 162 valence electrons. The van der Waals surface area contributed by atoms with E-state index < -0.39 is 5.54 Å². The van der Waals surface area contributed by atoms with Crippen LogP contribution in [0.2, 0.25) is 5.15 Å². The van der Waals surface area contributed by atoms with E-state index in [4.69, 9.17) is 16.7 Å². The van der Waals surface area contributed by atoms with E-state index in [1.54, 1.807) is 0 Å². The zero-order chi connectivity index (χ0) is 22.3. The van der Waals surface area contributed by atoms with E-state index in [-0.39, 0.29) is 0 Å². The molecule has 0 unspecified atom stereocenters. The molecule has 1 saturated heterocycles. The summed E-state index contributed by atoms with van der Waals surface area (Å²) in [7, 11) is 0. The first kappa shape index (κ1) is 20.0. The quantitative estimate of drug-likeness (QED) is 0.238. The van der Waals surface area contributed by atoms with Crippen LogP contribution in [0.15, 0.2) is 103 Å². The van der Waals surface area contributed by atoms with Gasteiger partial charge in [0.05, 0.1) is 10.9 Å². The second kappa shape index (κ2) is 8.05. The predicted octanol–water partition coefficient (Wildman–Crippen LogP) is 6.14. The van der Waals surface area contributed by atoms with Gasteiger partial charge < -0.3 is 4.90 Å². The second-order valence-electron chi connectivity index (χ2n) is 8.41. The fourth-order valence-corrected chi connectivity index (χ4v) is 5.04. The van der Waals surface area contributed by atoms with Gasteiger partial charge in [0.2, 0.25) is 0 Å². The molecule has 0 bridgehead atoms. The molecular formula is C28H23ClN4. The molecule has 6 rings (SSSR count). The third-order valence-electron chi connectivity index (χ3n) is 6.56. The minimum atomic E-state index is -0.685. The molecular weight excluding hydrogens is 428 g/mol. The predicted molar refractivity (Wildman–Crippen MR) is 134 cm³/mol. The molecule has 0 amide bonds. The van der Waals surface area contributed by atoms with Crippen LogP contribution in [0.25, 0.3) is 10.9 Å². The first-order chi connectivity index (χ1) is 16.3. The third-order valence-corrected chi connectivity index (χ3v) is 6.77. The van der Waals surface area contributed by atoms with E-state index in [0.717, 1.165) is 46.5 Å². The van der Waals surface area contributed by atoms with Gasteiger partial charge in [-0.15, -0.1) is 0 Å². The second-order valence-corrected chi connectivity index (χ2v) is 8.80. The fraction of sp³-hybridized carbons (Fsp3) is 0.143. The summed E-state index contributed by atoms with van der Waals surface area (Å²) in [4.78, 5) is 6.73. The van der Waals surface area contributed by atoms with E-state index in [1.165, 1.54) is 6.42 Å². The first-order valence-electron chi connectivity index (χ1n) is 11.2. The van der Waals surface area contributed by atoms with Gasteiger partial charge in [-0.2, -0.15) is 5.10 Å². The standard InChI is InChI=1S/C28H23ClN4/c29-26-19-25-24(20-30-26)27(32-17-10-18-32)31-33(25)28(21-11-4-1-5-12-21,22-13-6-2-7-14-22)23-15-8-3-9-16-23/h1-9,11-16,19-20H,10,17-18H2. The molecule has 5 aromatic rings. The van der Waals surface area contributed by atoms with Crippen LogP contribution in [0.3, 0.4) is 0 Å². The molecule has 2 aromatic heterocycles. The van der Waals surface area contributed by atoms with Gasteiger partial charge in [-0.3, -0.25) is 0 Å². The number of hydrogen-bond donors (Lipinski definition) is 0. The molecule has 1 aliphatic rings. The van der Waals surface area contributed by atoms with Crippen LogP contribution in [-0.2, 0) is 5.54 Å². The van der Waals surface area contributed by atoms with Gasteiger partial charge in [-0.25, -0.2) is 9.67 Å². The first-order valence-corrected chi connectivity index (χ1v) is 11.6. The number of fused-ring (bicyclic) bond motifs is 1. The number of hydrogen-bond acceptors (Lipinski definition) is 3. The van der Waals surface area contributed by atoms with Gasteiger partial charge in [0.25, 0.3) is 0 Å². The van der Waals surface area contributed by atoms with Crippen molar-refractivity contribution in [3.8, 4) is 0 Å². The molecule has 5 heteroatoms. The van der Waals surface area contributed by atoms with Crippen LogP contribution in [0.5, 0.6) is 0 Å². The Morgan fingerprint density at radius 3 is 1.70 bits per heavy atom. The van der Waals surface area contributed by atoms with E-state index >= 15 is 0 Å². The van der Waals surface area contributed by atoms with Crippen LogP contribution < -0.4 is 4.90 Å². The summed E-state index contributed by atoms with van der Waals surface area (Å²) >= 11 is 6.45. The van der Waals surface area contributed by atoms with E-state index in [0.29, 0.717) is 5.15 Å². The monoisotopic (exact) mass is 450 g/mol. The largest absolute Gasteiger partial charge is 0.354 e. The minimum Gasteiger partial charge on any atom is -0.354 e. The summed E-state index contributed by atoms with van der Waals surface area (Å²) in [5, 5.41) is 6.78. The van der Waals surface area contributed by atoms with Crippen LogP contribution >= 0.6 is 11.6 Å². The van der Waals surface area contributed by atoms with Crippen molar-refractivity contribution in [2.24, 2.45) is 0 Å². The number of aromatic nitrogens is 3. The van der Waals surface area contributed by atoms with Crippen molar-refractivity contribution < 1.29 is 0 Å². The van der Waals surface area contributed by atoms with Crippen LogP contribution in [-0.4, -0.2) is 27.9 Å². The molecule has 1 fully saturated rings. The van der Waals surface area contributed by atoms with Gasteiger partial charge in [0.15, 0.2) is 5.82 Å². The Kier molecular flexibility index (Phi) is 4.88. The number of pyridine rings is 1. The van der Waals surface area contributed by atoms with Crippen molar-refractivity contribution in [2.45, 2.75) is 12.0 Å². The Labute approximate surface area is 198 Å². The molecule has 0 atom stereocenters. The maximum atomic E-state index is 6.45. The van der Waals surface area contributed by atoms with Crippen molar-refractivity contribution in [1.82, 2.24) is 14.8 Å². The number of benzene rings is 3. The molecule has 4 nitrogen and oxygen atoms in total. The lowest BCUT2D eigenvalue weighted by Crippen LogP contribution is -2.40. The average molecular weight is 451 g/mol. The van der Waals surface area contributed by atoms with Gasteiger partial charge >= 0.3 is 0 Å². The summed E-state index contributed by atoms with van der Waals surface area (Å²) in [5.41, 5.74) is 3.68. The fourth-order valence-electron chi connectivity index (χ4n) is 4.89. The highest BCUT2D eigenvalue weighted by atomic mass is 35.5. The maximum Gasteiger partial charge on any atom is 0.160 e. The minimum absolute atomic E-state index is 0.460. The lowest BCUT2D eigenvalue weighted by molar-refractivity contribution is 0.471. The zero-order valence-corrected chi connectivity index (χ0v) is 18.9. The van der Waals surface area contributed by atoms with E-state index in [2.05, 4.69) is 106 Å². The Balaban J connectivity index is 1.78. The van der Waals surface area contributed by atoms with Gasteiger partial charge in [-0.05, 0) is 23.1 Å². The van der Waals surface area contributed by atoms with Gasteiger partial charge in [-0.1, -0.05) is 103 Å². The summed E-state index contributed by atoms with van der Waals surface area (Å²) in [6, 6.07) is 33.7. The maximum absolute atomic E-state index is 6.45. The normalized spacial score (nSPS) is 13.8. The van der Waals surface area contributed by atoms with E-state index in [1.807, 2.05) is 12.3 Å². The van der Waals surface area contributed by atoms with Gasteiger partial charge in [0, 0.05) is 25.4 Å². The molecule has 1 aliphatic heterocycles. The average Bonchev–Trinajstić information content (AvgIpc) is 3.19. The highest BCUT2D eigenvalue weighted by Crippen LogP contribution is 2.44. The summed E-state index contributed by atoms with van der Waals surface area (Å²) < 4.78 is 2.16. The summed E-state index contributed by atoms with van der Waals surface area (Å²) in [5.74, 6) is 0.965. The molecule has 0 spiro atoms. The molecule has 0 radical (unpaired) electrons. The third kappa shape index (κ3) is 3.13. The zero-order valence-electron chi connectivity index (χ0n) is 18.1. The van der Waals surface area contributed by atoms with E-state index in [9.17, 15) is 0 Å². The Morgan fingerprint density at radius 1 is 0.727 bits per heavy atom. The topological polar surface area (TPSA) is 34.0 Å². The molecule has 0 N–H and O–H groups in total. The lowest BCUT2D eigenvalue weighted by Gasteiger charge is -2.37. The van der Waals surface area contributed by atoms with Crippen LogP contribution in [0, 0.1) is 0 Å². The van der Waals surface area contributed by atoms with Crippen LogP contribution in [0.1, 0.15) is 23.1 Å². The highest BCUT2D eigenvalue weighted by molar-refractivity contribution is 6.30.